The van der Waals surface area contributed by atoms with E-state index in [4.69, 9.17) is 0 Å². The van der Waals surface area contributed by atoms with Gasteiger partial charge >= 0.3 is 0 Å². The first-order valence-corrected chi connectivity index (χ1v) is 7.42. The van der Waals surface area contributed by atoms with E-state index in [-0.39, 0.29) is 0 Å². The number of hydrogen-bond acceptors (Lipinski definition) is 1. The summed E-state index contributed by atoms with van der Waals surface area (Å²) in [5.41, 5.74) is 3.17. The highest BCUT2D eigenvalue weighted by Crippen LogP contribution is 2.35. The maximum absolute atomic E-state index is 3.72. The Labute approximate surface area is 115 Å². The standard InChI is InChI=1S/C17H24N2/c1-17(2)8-5-15(6-9-17)19-12-13-3-4-16-14(11-13)7-10-18-16/h3-4,7,10-11,15,18-19H,5-6,8-9,12H2,1-2H3. The van der Waals surface area contributed by atoms with Crippen molar-refractivity contribution in [3.8, 4) is 0 Å². The highest BCUT2D eigenvalue weighted by atomic mass is 14.9. The average molecular weight is 256 g/mol. The lowest BCUT2D eigenvalue weighted by atomic mass is 9.75. The number of nitrogens with one attached hydrogen (secondary N) is 2. The van der Waals surface area contributed by atoms with Gasteiger partial charge in [-0.2, -0.15) is 0 Å². The van der Waals surface area contributed by atoms with E-state index in [0.717, 1.165) is 6.54 Å². The predicted molar refractivity (Wildman–Crippen MR) is 81.2 cm³/mol. The molecule has 2 N–H and O–H groups in total. The summed E-state index contributed by atoms with van der Waals surface area (Å²) in [6, 6.07) is 9.53. The fourth-order valence-corrected chi connectivity index (χ4v) is 3.08. The van der Waals surface area contributed by atoms with Crippen molar-refractivity contribution >= 4 is 10.9 Å². The number of fused-ring (bicyclic) bond motifs is 1. The van der Waals surface area contributed by atoms with Gasteiger partial charge in [0, 0.05) is 24.3 Å². The van der Waals surface area contributed by atoms with E-state index in [1.54, 1.807) is 0 Å². The van der Waals surface area contributed by atoms with E-state index in [1.807, 2.05) is 6.20 Å². The molecule has 0 aliphatic heterocycles. The lowest BCUT2D eigenvalue weighted by Gasteiger charge is -2.34. The SMILES string of the molecule is CC1(C)CCC(NCc2ccc3[nH]ccc3c2)CC1. The smallest absolute Gasteiger partial charge is 0.0454 e. The molecule has 1 saturated carbocycles. The van der Waals surface area contributed by atoms with Crippen LogP contribution < -0.4 is 5.32 Å². The molecule has 1 aliphatic carbocycles. The second kappa shape index (κ2) is 5.01. The molecule has 1 heterocycles. The van der Waals surface area contributed by atoms with Gasteiger partial charge in [0.2, 0.25) is 0 Å². The molecule has 19 heavy (non-hydrogen) atoms. The third kappa shape index (κ3) is 3.01. The van der Waals surface area contributed by atoms with Gasteiger partial charge in [0.05, 0.1) is 0 Å². The third-order valence-corrected chi connectivity index (χ3v) is 4.55. The van der Waals surface area contributed by atoms with Crippen molar-refractivity contribution in [2.24, 2.45) is 5.41 Å². The number of rotatable bonds is 3. The van der Waals surface area contributed by atoms with Gasteiger partial charge in [-0.1, -0.05) is 19.9 Å². The molecular weight excluding hydrogens is 232 g/mol. The zero-order valence-electron chi connectivity index (χ0n) is 12.0. The Hall–Kier alpha value is -1.28. The van der Waals surface area contributed by atoms with Gasteiger partial charge in [-0.3, -0.25) is 0 Å². The largest absolute Gasteiger partial charge is 0.361 e. The van der Waals surface area contributed by atoms with E-state index >= 15 is 0 Å². The first-order chi connectivity index (χ1) is 9.12. The van der Waals surface area contributed by atoms with Gasteiger partial charge in [-0.15, -0.1) is 0 Å². The van der Waals surface area contributed by atoms with Gasteiger partial charge in [0.1, 0.15) is 0 Å². The van der Waals surface area contributed by atoms with Crippen molar-refractivity contribution in [2.45, 2.75) is 52.1 Å². The van der Waals surface area contributed by atoms with Crippen LogP contribution in [0.2, 0.25) is 0 Å². The summed E-state index contributed by atoms with van der Waals surface area (Å²) in [7, 11) is 0. The number of aromatic amines is 1. The topological polar surface area (TPSA) is 27.8 Å². The van der Waals surface area contributed by atoms with Crippen LogP contribution in [0.5, 0.6) is 0 Å². The second-order valence-corrected chi connectivity index (χ2v) is 6.72. The summed E-state index contributed by atoms with van der Waals surface area (Å²) in [6.07, 6.45) is 7.34. The maximum atomic E-state index is 3.72. The van der Waals surface area contributed by atoms with Crippen LogP contribution in [-0.2, 0) is 6.54 Å². The summed E-state index contributed by atoms with van der Waals surface area (Å²) in [6.45, 7) is 5.78. The fourth-order valence-electron chi connectivity index (χ4n) is 3.08. The molecule has 0 amide bonds. The molecule has 2 heteroatoms. The molecule has 0 radical (unpaired) electrons. The molecule has 0 saturated heterocycles. The quantitative estimate of drug-likeness (QED) is 0.845. The monoisotopic (exact) mass is 256 g/mol. The van der Waals surface area contributed by atoms with E-state index < -0.39 is 0 Å². The normalized spacial score (nSPS) is 19.9. The summed E-state index contributed by atoms with van der Waals surface area (Å²) in [5, 5.41) is 5.03. The van der Waals surface area contributed by atoms with E-state index in [0.29, 0.717) is 11.5 Å². The van der Waals surface area contributed by atoms with Crippen molar-refractivity contribution in [2.75, 3.05) is 0 Å². The van der Waals surface area contributed by atoms with Crippen molar-refractivity contribution in [1.29, 1.82) is 0 Å². The third-order valence-electron chi connectivity index (χ3n) is 4.55. The average Bonchev–Trinajstić information content (AvgIpc) is 2.85. The molecule has 3 rings (SSSR count). The molecule has 0 atom stereocenters. The van der Waals surface area contributed by atoms with E-state index in [2.05, 4.69) is 48.4 Å². The molecule has 1 aromatic carbocycles. The van der Waals surface area contributed by atoms with Gasteiger partial charge in [-0.25, -0.2) is 0 Å². The highest BCUT2D eigenvalue weighted by Gasteiger charge is 2.26. The Bertz CT molecular complexity index is 543. The summed E-state index contributed by atoms with van der Waals surface area (Å²) in [4.78, 5) is 3.24. The minimum Gasteiger partial charge on any atom is -0.361 e. The lowest BCUT2D eigenvalue weighted by molar-refractivity contribution is 0.206. The van der Waals surface area contributed by atoms with Crippen LogP contribution in [0.3, 0.4) is 0 Å². The summed E-state index contributed by atoms with van der Waals surface area (Å²) in [5.74, 6) is 0. The molecular formula is C17H24N2. The molecule has 0 bridgehead atoms. The van der Waals surface area contributed by atoms with Crippen LogP contribution in [0.25, 0.3) is 10.9 Å². The highest BCUT2D eigenvalue weighted by molar-refractivity contribution is 5.79. The Morgan fingerprint density at radius 1 is 1.21 bits per heavy atom. The maximum Gasteiger partial charge on any atom is 0.0454 e. The van der Waals surface area contributed by atoms with Crippen LogP contribution in [0.15, 0.2) is 30.5 Å². The van der Waals surface area contributed by atoms with E-state index in [9.17, 15) is 0 Å². The Morgan fingerprint density at radius 3 is 2.79 bits per heavy atom. The van der Waals surface area contributed by atoms with Gasteiger partial charge in [0.15, 0.2) is 0 Å². The zero-order valence-corrected chi connectivity index (χ0v) is 12.0. The minimum absolute atomic E-state index is 0.558. The zero-order chi connectivity index (χ0) is 13.3. The molecule has 1 aliphatic rings. The van der Waals surface area contributed by atoms with Crippen LogP contribution in [0.1, 0.15) is 45.1 Å². The number of aromatic nitrogens is 1. The molecule has 0 unspecified atom stereocenters. The Kier molecular flexibility index (Phi) is 3.36. The van der Waals surface area contributed by atoms with Crippen molar-refractivity contribution in [1.82, 2.24) is 10.3 Å². The minimum atomic E-state index is 0.558. The van der Waals surface area contributed by atoms with Gasteiger partial charge < -0.3 is 10.3 Å². The van der Waals surface area contributed by atoms with Crippen molar-refractivity contribution in [3.63, 3.8) is 0 Å². The molecule has 0 spiro atoms. The summed E-state index contributed by atoms with van der Waals surface area (Å²) >= 11 is 0. The molecule has 2 aromatic rings. The number of benzene rings is 1. The number of H-pyrrole nitrogens is 1. The first-order valence-electron chi connectivity index (χ1n) is 7.42. The lowest BCUT2D eigenvalue weighted by Crippen LogP contribution is -2.35. The van der Waals surface area contributed by atoms with Gasteiger partial charge in [-0.05, 0) is 60.2 Å². The molecule has 102 valence electrons. The van der Waals surface area contributed by atoms with Crippen LogP contribution in [0, 0.1) is 5.41 Å². The molecule has 1 fully saturated rings. The number of hydrogen-bond donors (Lipinski definition) is 2. The summed E-state index contributed by atoms with van der Waals surface area (Å²) < 4.78 is 0. The van der Waals surface area contributed by atoms with Crippen molar-refractivity contribution in [3.05, 3.63) is 36.0 Å². The first kappa shape index (κ1) is 12.7. The fraction of sp³-hybridized carbons (Fsp3) is 0.529. The van der Waals surface area contributed by atoms with Crippen molar-refractivity contribution < 1.29 is 0 Å². The Balaban J connectivity index is 1.57. The molecule has 2 nitrogen and oxygen atoms in total. The van der Waals surface area contributed by atoms with Crippen LogP contribution in [0.4, 0.5) is 0 Å². The predicted octanol–water partition coefficient (Wildman–Crippen LogP) is 4.23. The van der Waals surface area contributed by atoms with E-state index in [1.165, 1.54) is 42.1 Å². The van der Waals surface area contributed by atoms with Gasteiger partial charge in [0.25, 0.3) is 0 Å². The van der Waals surface area contributed by atoms with Crippen LogP contribution in [-0.4, -0.2) is 11.0 Å². The van der Waals surface area contributed by atoms with Crippen LogP contribution >= 0.6 is 0 Å². The second-order valence-electron chi connectivity index (χ2n) is 6.72. The Morgan fingerprint density at radius 2 is 2.00 bits per heavy atom. The molecule has 1 aromatic heterocycles.